The van der Waals surface area contributed by atoms with Gasteiger partial charge in [-0.15, -0.1) is 0 Å². The predicted molar refractivity (Wildman–Crippen MR) is 125 cm³/mol. The number of carbonyl (C=O) groups excluding carboxylic acids is 1. The van der Waals surface area contributed by atoms with Gasteiger partial charge in [-0.05, 0) is 56.0 Å². The number of carbonyl (C=O) groups is 2. The van der Waals surface area contributed by atoms with Crippen LogP contribution in [0.1, 0.15) is 54.6 Å². The molecule has 1 atom stereocenters. The Bertz CT molecular complexity index is 987. The highest BCUT2D eigenvalue weighted by Crippen LogP contribution is 2.32. The molecule has 2 aromatic rings. The molecule has 0 spiro atoms. The lowest BCUT2D eigenvalue weighted by atomic mass is 9.91. The van der Waals surface area contributed by atoms with Gasteiger partial charge in [0.1, 0.15) is 11.5 Å². The maximum absolute atomic E-state index is 12.8. The highest BCUT2D eigenvalue weighted by Gasteiger charge is 2.43. The van der Waals surface area contributed by atoms with Crippen molar-refractivity contribution in [2.45, 2.75) is 51.7 Å². The summed E-state index contributed by atoms with van der Waals surface area (Å²) in [6.07, 6.45) is 2.31. The summed E-state index contributed by atoms with van der Waals surface area (Å²) in [5.41, 5.74) is 0.699. The molecule has 1 heterocycles. The van der Waals surface area contributed by atoms with Gasteiger partial charge in [0.2, 0.25) is 0 Å². The van der Waals surface area contributed by atoms with Gasteiger partial charge in [0.15, 0.2) is 5.60 Å². The Kier molecular flexibility index (Phi) is 8.58. The number of amides is 1. The second-order valence-corrected chi connectivity index (χ2v) is 8.38. The Morgan fingerprint density at radius 2 is 2.00 bits per heavy atom. The fraction of sp³-hybridized carbons (Fsp3) is 0.440. The Labute approximate surface area is 199 Å². The summed E-state index contributed by atoms with van der Waals surface area (Å²) in [5, 5.41) is 12.9. The summed E-state index contributed by atoms with van der Waals surface area (Å²) in [7, 11) is 0. The average molecular weight is 476 g/mol. The quantitative estimate of drug-likeness (QED) is 0.492. The molecule has 1 aliphatic rings. The van der Waals surface area contributed by atoms with Gasteiger partial charge in [-0.3, -0.25) is 4.79 Å². The summed E-state index contributed by atoms with van der Waals surface area (Å²) in [6, 6.07) is 10.5. The second-order valence-electron chi connectivity index (χ2n) is 7.98. The average Bonchev–Trinajstić information content (AvgIpc) is 3.27. The molecule has 0 saturated carbocycles. The van der Waals surface area contributed by atoms with Gasteiger partial charge in [-0.25, -0.2) is 4.79 Å². The molecule has 2 N–H and O–H groups in total. The largest absolute Gasteiger partial charge is 0.494 e. The van der Waals surface area contributed by atoms with Crippen molar-refractivity contribution in [3.8, 4) is 11.5 Å². The van der Waals surface area contributed by atoms with Crippen molar-refractivity contribution in [2.75, 3.05) is 19.8 Å². The summed E-state index contributed by atoms with van der Waals surface area (Å²) >= 11 is 6.30. The molecule has 8 heteroatoms. The van der Waals surface area contributed by atoms with Gasteiger partial charge in [0.25, 0.3) is 5.91 Å². The molecule has 1 saturated heterocycles. The van der Waals surface area contributed by atoms with Crippen molar-refractivity contribution in [3.05, 3.63) is 58.1 Å². The third-order valence-electron chi connectivity index (χ3n) is 5.50. The molecule has 1 unspecified atom stereocenters. The van der Waals surface area contributed by atoms with E-state index in [2.05, 4.69) is 5.32 Å². The number of nitrogens with one attached hydrogen (secondary N) is 1. The first-order valence-corrected chi connectivity index (χ1v) is 11.6. The highest BCUT2D eigenvalue weighted by molar-refractivity contribution is 6.34. The first kappa shape index (κ1) is 24.9. The normalized spacial score (nSPS) is 17.5. The zero-order chi connectivity index (χ0) is 23.8. The van der Waals surface area contributed by atoms with Gasteiger partial charge in [-0.2, -0.15) is 0 Å². The van der Waals surface area contributed by atoms with E-state index in [4.69, 9.17) is 25.8 Å². The highest BCUT2D eigenvalue weighted by atomic mass is 35.5. The molecule has 0 aliphatic carbocycles. The molecule has 1 fully saturated rings. The molecular formula is C25H30ClNO6. The van der Waals surface area contributed by atoms with Crippen molar-refractivity contribution >= 4 is 23.5 Å². The first-order chi connectivity index (χ1) is 15.9. The Morgan fingerprint density at radius 1 is 1.18 bits per heavy atom. The Balaban J connectivity index is 1.74. The number of benzene rings is 2. The lowest BCUT2D eigenvalue weighted by Crippen LogP contribution is -2.40. The van der Waals surface area contributed by atoms with Crippen molar-refractivity contribution < 1.29 is 28.9 Å². The molecule has 0 bridgehead atoms. The lowest BCUT2D eigenvalue weighted by Gasteiger charge is -2.24. The number of halogens is 1. The number of carboxylic acids is 1. The zero-order valence-electron chi connectivity index (χ0n) is 19.0. The van der Waals surface area contributed by atoms with Gasteiger partial charge >= 0.3 is 5.97 Å². The van der Waals surface area contributed by atoms with Crippen LogP contribution in [0, 0.1) is 0 Å². The molecule has 33 heavy (non-hydrogen) atoms. The summed E-state index contributed by atoms with van der Waals surface area (Å²) in [6.45, 7) is 5.57. The maximum atomic E-state index is 12.8. The molecule has 2 aromatic carbocycles. The van der Waals surface area contributed by atoms with E-state index in [1.54, 1.807) is 24.3 Å². The minimum absolute atomic E-state index is 0.202. The van der Waals surface area contributed by atoms with Crippen LogP contribution < -0.4 is 14.8 Å². The summed E-state index contributed by atoms with van der Waals surface area (Å²) < 4.78 is 16.9. The molecule has 1 amide bonds. The monoisotopic (exact) mass is 475 g/mol. The van der Waals surface area contributed by atoms with Crippen LogP contribution in [-0.4, -0.2) is 42.4 Å². The SMILES string of the molecule is CCCOc1ccc(C(=O)NCc2cc(CC3(C(=O)O)CCCO3)ccc2OCC)c(Cl)c1. The van der Waals surface area contributed by atoms with Crippen molar-refractivity contribution in [3.63, 3.8) is 0 Å². The molecule has 1 aliphatic heterocycles. The molecule has 3 rings (SSSR count). The van der Waals surface area contributed by atoms with Crippen LogP contribution in [0.15, 0.2) is 36.4 Å². The van der Waals surface area contributed by atoms with Crippen LogP contribution in [0.4, 0.5) is 0 Å². The second kappa shape index (κ2) is 11.4. The predicted octanol–water partition coefficient (Wildman–Crippen LogP) is 4.63. The van der Waals surface area contributed by atoms with Crippen LogP contribution in [0.2, 0.25) is 5.02 Å². The molecule has 0 radical (unpaired) electrons. The number of hydrogen-bond donors (Lipinski definition) is 2. The van der Waals surface area contributed by atoms with Gasteiger partial charge in [0, 0.05) is 25.1 Å². The van der Waals surface area contributed by atoms with E-state index < -0.39 is 11.6 Å². The Morgan fingerprint density at radius 3 is 2.64 bits per heavy atom. The summed E-state index contributed by atoms with van der Waals surface area (Å²) in [5.74, 6) is -0.0281. The molecular weight excluding hydrogens is 446 g/mol. The molecule has 0 aromatic heterocycles. The van der Waals surface area contributed by atoms with E-state index in [-0.39, 0.29) is 18.9 Å². The van der Waals surface area contributed by atoms with E-state index in [1.807, 2.05) is 26.0 Å². The van der Waals surface area contributed by atoms with E-state index >= 15 is 0 Å². The minimum atomic E-state index is -1.21. The number of ether oxygens (including phenoxy) is 3. The van der Waals surface area contributed by atoms with E-state index in [0.717, 1.165) is 24.0 Å². The van der Waals surface area contributed by atoms with E-state index in [9.17, 15) is 14.7 Å². The third kappa shape index (κ3) is 6.18. The minimum Gasteiger partial charge on any atom is -0.494 e. The Hall–Kier alpha value is -2.77. The standard InChI is InChI=1S/C25H30ClNO6/c1-3-11-32-19-7-8-20(21(26)14-19)23(28)27-16-18-13-17(6-9-22(18)31-4-2)15-25(24(29)30)10-5-12-33-25/h6-9,13-14H,3-5,10-12,15-16H2,1-2H3,(H,27,28)(H,29,30). The van der Waals surface area contributed by atoms with E-state index in [1.165, 1.54) is 0 Å². The van der Waals surface area contributed by atoms with Crippen LogP contribution in [-0.2, 0) is 22.5 Å². The summed E-state index contributed by atoms with van der Waals surface area (Å²) in [4.78, 5) is 24.6. The number of hydrogen-bond acceptors (Lipinski definition) is 5. The number of carboxylic acid groups (broad SMARTS) is 1. The number of aliphatic carboxylic acids is 1. The van der Waals surface area contributed by atoms with E-state index in [0.29, 0.717) is 48.3 Å². The van der Waals surface area contributed by atoms with Crippen LogP contribution in [0.25, 0.3) is 0 Å². The zero-order valence-corrected chi connectivity index (χ0v) is 19.7. The first-order valence-electron chi connectivity index (χ1n) is 11.2. The topological polar surface area (TPSA) is 94.1 Å². The van der Waals surface area contributed by atoms with Crippen molar-refractivity contribution in [2.24, 2.45) is 0 Å². The lowest BCUT2D eigenvalue weighted by molar-refractivity contribution is -0.159. The van der Waals surface area contributed by atoms with Crippen molar-refractivity contribution in [1.82, 2.24) is 5.32 Å². The number of rotatable bonds is 11. The molecule has 178 valence electrons. The van der Waals surface area contributed by atoms with Crippen LogP contribution >= 0.6 is 11.6 Å². The van der Waals surface area contributed by atoms with Crippen LogP contribution in [0.3, 0.4) is 0 Å². The van der Waals surface area contributed by atoms with Gasteiger partial charge in [-0.1, -0.05) is 30.7 Å². The van der Waals surface area contributed by atoms with Crippen molar-refractivity contribution in [1.29, 1.82) is 0 Å². The third-order valence-corrected chi connectivity index (χ3v) is 5.82. The van der Waals surface area contributed by atoms with Crippen LogP contribution in [0.5, 0.6) is 11.5 Å². The maximum Gasteiger partial charge on any atom is 0.336 e. The smallest absolute Gasteiger partial charge is 0.336 e. The fourth-order valence-corrected chi connectivity index (χ4v) is 4.10. The van der Waals surface area contributed by atoms with Gasteiger partial charge in [0.05, 0.1) is 23.8 Å². The molecule has 7 nitrogen and oxygen atoms in total. The van der Waals surface area contributed by atoms with Gasteiger partial charge < -0.3 is 24.6 Å². The fourth-order valence-electron chi connectivity index (χ4n) is 3.85.